The molecule has 0 bridgehead atoms. The zero-order chi connectivity index (χ0) is 16.7. The lowest BCUT2D eigenvalue weighted by atomic mass is 9.72. The van der Waals surface area contributed by atoms with Crippen molar-refractivity contribution >= 4 is 11.9 Å². The molecule has 2 aromatic rings. The molecule has 124 valence electrons. The fourth-order valence-electron chi connectivity index (χ4n) is 4.34. The Labute approximate surface area is 141 Å². The number of carbonyl (C=O) groups is 2. The number of esters is 1. The van der Waals surface area contributed by atoms with E-state index in [0.29, 0.717) is 12.0 Å². The summed E-state index contributed by atoms with van der Waals surface area (Å²) in [6, 6.07) is 9.72. The molecule has 24 heavy (non-hydrogen) atoms. The number of nitrogens with zero attached hydrogens (tertiary/aromatic N) is 1. The molecule has 2 heterocycles. The van der Waals surface area contributed by atoms with E-state index in [9.17, 15) is 9.59 Å². The third-order valence-corrected chi connectivity index (χ3v) is 5.57. The van der Waals surface area contributed by atoms with Gasteiger partial charge in [-0.1, -0.05) is 49.6 Å². The van der Waals surface area contributed by atoms with Gasteiger partial charge in [-0.2, -0.15) is 0 Å². The van der Waals surface area contributed by atoms with Crippen molar-refractivity contribution in [2.45, 2.75) is 38.5 Å². The zero-order valence-electron chi connectivity index (χ0n) is 13.9. The summed E-state index contributed by atoms with van der Waals surface area (Å²) in [6.07, 6.45) is 7.73. The molecule has 0 radical (unpaired) electrons. The second-order valence-electron chi connectivity index (χ2n) is 6.91. The van der Waals surface area contributed by atoms with Crippen LogP contribution in [0.2, 0.25) is 0 Å². The van der Waals surface area contributed by atoms with Crippen LogP contribution < -0.4 is 0 Å². The van der Waals surface area contributed by atoms with Crippen LogP contribution in [0.4, 0.5) is 0 Å². The van der Waals surface area contributed by atoms with Crippen molar-refractivity contribution in [3.05, 3.63) is 47.8 Å². The van der Waals surface area contributed by atoms with Gasteiger partial charge in [-0.3, -0.25) is 9.36 Å². The lowest BCUT2D eigenvalue weighted by molar-refractivity contribution is 0.0598. The number of fused-ring (bicyclic) bond motifs is 1. The van der Waals surface area contributed by atoms with Gasteiger partial charge in [-0.05, 0) is 18.4 Å². The van der Waals surface area contributed by atoms with Crippen molar-refractivity contribution in [1.82, 2.24) is 4.57 Å². The first-order valence-corrected chi connectivity index (χ1v) is 8.59. The fourth-order valence-corrected chi connectivity index (χ4v) is 4.34. The molecular weight excluding hydrogens is 302 g/mol. The minimum Gasteiger partial charge on any atom is -0.465 e. The Morgan fingerprint density at radius 2 is 1.83 bits per heavy atom. The maximum atomic E-state index is 13.1. The molecule has 1 aromatic heterocycles. The maximum absolute atomic E-state index is 13.1. The smallest absolute Gasteiger partial charge is 0.340 e. The number of rotatable bonds is 2. The van der Waals surface area contributed by atoms with Crippen molar-refractivity contribution in [3.8, 4) is 11.1 Å². The minimum atomic E-state index is -0.358. The molecule has 0 N–H and O–H groups in total. The average Bonchev–Trinajstić information content (AvgIpc) is 3.11. The molecule has 0 unspecified atom stereocenters. The van der Waals surface area contributed by atoms with Crippen LogP contribution in [0.3, 0.4) is 0 Å². The first-order chi connectivity index (χ1) is 11.7. The summed E-state index contributed by atoms with van der Waals surface area (Å²) in [7, 11) is 1.40. The van der Waals surface area contributed by atoms with Crippen LogP contribution in [0.1, 0.15) is 53.0 Å². The second kappa shape index (κ2) is 5.62. The summed E-state index contributed by atoms with van der Waals surface area (Å²) < 4.78 is 6.75. The molecule has 2 aliphatic rings. The van der Waals surface area contributed by atoms with Crippen LogP contribution in [0.25, 0.3) is 11.1 Å². The lowest BCUT2D eigenvalue weighted by Gasteiger charge is -2.30. The molecule has 4 nitrogen and oxygen atoms in total. The molecule has 4 rings (SSSR count). The van der Waals surface area contributed by atoms with Gasteiger partial charge in [0.2, 0.25) is 5.91 Å². The first-order valence-electron chi connectivity index (χ1n) is 8.59. The van der Waals surface area contributed by atoms with Gasteiger partial charge < -0.3 is 4.74 Å². The molecule has 1 fully saturated rings. The van der Waals surface area contributed by atoms with E-state index in [0.717, 1.165) is 42.5 Å². The largest absolute Gasteiger partial charge is 0.465 e. The standard InChI is InChI=1S/C20H21NO3/c1-24-18(22)17-15(14-8-4-2-5-9-14)13-21-16(17)12-20(19(21)23)10-6-3-7-11-20/h2,4-5,8-9,13H,3,6-7,10-12H2,1H3. The molecule has 1 aliphatic carbocycles. The van der Waals surface area contributed by atoms with Crippen molar-refractivity contribution in [1.29, 1.82) is 0 Å². The molecule has 0 amide bonds. The van der Waals surface area contributed by atoms with Crippen molar-refractivity contribution in [2.75, 3.05) is 7.11 Å². The third-order valence-electron chi connectivity index (χ3n) is 5.57. The van der Waals surface area contributed by atoms with Crippen LogP contribution in [0, 0.1) is 5.41 Å². The molecule has 1 aliphatic heterocycles. The number of hydrogen-bond acceptors (Lipinski definition) is 3. The SMILES string of the molecule is COC(=O)c1c(-c2ccccc2)cn2c1CC1(CCCCC1)C2=O. The summed E-state index contributed by atoms with van der Waals surface area (Å²) in [5.74, 6) is -0.201. The topological polar surface area (TPSA) is 48.3 Å². The predicted octanol–water partition coefficient (Wildman–Crippen LogP) is 4.09. The van der Waals surface area contributed by atoms with Crippen LogP contribution in [0.15, 0.2) is 36.5 Å². The van der Waals surface area contributed by atoms with E-state index in [1.54, 1.807) is 4.57 Å². The van der Waals surface area contributed by atoms with Crippen molar-refractivity contribution in [3.63, 3.8) is 0 Å². The Hall–Kier alpha value is -2.36. The number of aromatic nitrogens is 1. The van der Waals surface area contributed by atoms with E-state index >= 15 is 0 Å². The predicted molar refractivity (Wildman–Crippen MR) is 91.1 cm³/mol. The number of hydrogen-bond donors (Lipinski definition) is 0. The molecule has 1 aromatic carbocycles. The third kappa shape index (κ3) is 2.13. The Balaban J connectivity index is 1.85. The summed E-state index contributed by atoms with van der Waals surface area (Å²) in [5.41, 5.74) is 2.81. The van der Waals surface area contributed by atoms with E-state index in [4.69, 9.17) is 4.74 Å². The number of methoxy groups -OCH3 is 1. The molecule has 0 atom stereocenters. The van der Waals surface area contributed by atoms with Crippen molar-refractivity contribution < 1.29 is 14.3 Å². The minimum absolute atomic E-state index is 0.157. The van der Waals surface area contributed by atoms with Gasteiger partial charge in [0, 0.05) is 23.9 Å². The summed E-state index contributed by atoms with van der Waals surface area (Å²) in [5, 5.41) is 0. The Bertz CT molecular complexity index is 798. The molecule has 0 saturated heterocycles. The quantitative estimate of drug-likeness (QED) is 0.782. The van der Waals surface area contributed by atoms with Crippen LogP contribution in [0.5, 0.6) is 0 Å². The summed E-state index contributed by atoms with van der Waals surface area (Å²) in [4.78, 5) is 25.6. The first kappa shape index (κ1) is 15.2. The second-order valence-corrected chi connectivity index (χ2v) is 6.91. The summed E-state index contributed by atoms with van der Waals surface area (Å²) >= 11 is 0. The van der Waals surface area contributed by atoms with E-state index < -0.39 is 0 Å². The number of ether oxygens (including phenoxy) is 1. The normalized spacial score (nSPS) is 18.6. The van der Waals surface area contributed by atoms with Gasteiger partial charge in [0.05, 0.1) is 18.1 Å². The zero-order valence-corrected chi connectivity index (χ0v) is 13.9. The highest BCUT2D eigenvalue weighted by molar-refractivity contribution is 6.03. The fraction of sp³-hybridized carbons (Fsp3) is 0.400. The van der Waals surface area contributed by atoms with Crippen LogP contribution in [-0.4, -0.2) is 23.6 Å². The van der Waals surface area contributed by atoms with Gasteiger partial charge >= 0.3 is 5.97 Å². The van der Waals surface area contributed by atoms with Crippen LogP contribution in [-0.2, 0) is 11.2 Å². The van der Waals surface area contributed by atoms with Gasteiger partial charge in [-0.15, -0.1) is 0 Å². The Morgan fingerprint density at radius 3 is 2.50 bits per heavy atom. The Morgan fingerprint density at radius 1 is 1.12 bits per heavy atom. The van der Waals surface area contributed by atoms with E-state index in [2.05, 4.69) is 0 Å². The monoisotopic (exact) mass is 323 g/mol. The average molecular weight is 323 g/mol. The maximum Gasteiger partial charge on any atom is 0.340 e. The highest BCUT2D eigenvalue weighted by atomic mass is 16.5. The number of benzene rings is 1. The van der Waals surface area contributed by atoms with Gasteiger partial charge in [0.1, 0.15) is 0 Å². The van der Waals surface area contributed by atoms with Crippen LogP contribution >= 0.6 is 0 Å². The Kier molecular flexibility index (Phi) is 3.56. The highest BCUT2D eigenvalue weighted by Gasteiger charge is 2.48. The molecular formula is C20H21NO3. The van der Waals surface area contributed by atoms with Gasteiger partial charge in [0.15, 0.2) is 0 Å². The van der Waals surface area contributed by atoms with E-state index in [-0.39, 0.29) is 17.3 Å². The molecule has 1 saturated carbocycles. The molecule has 1 spiro atoms. The summed E-state index contributed by atoms with van der Waals surface area (Å²) in [6.45, 7) is 0. The van der Waals surface area contributed by atoms with E-state index in [1.807, 2.05) is 36.5 Å². The van der Waals surface area contributed by atoms with Gasteiger partial charge in [0.25, 0.3) is 0 Å². The molecule has 4 heteroatoms. The number of carbonyl (C=O) groups excluding carboxylic acids is 2. The van der Waals surface area contributed by atoms with Gasteiger partial charge in [-0.25, -0.2) is 4.79 Å². The van der Waals surface area contributed by atoms with E-state index in [1.165, 1.54) is 13.5 Å². The highest BCUT2D eigenvalue weighted by Crippen LogP contribution is 2.47. The van der Waals surface area contributed by atoms with Crippen molar-refractivity contribution in [2.24, 2.45) is 5.41 Å². The lowest BCUT2D eigenvalue weighted by Crippen LogP contribution is -2.32.